The number of nitrogens with one attached hydrogen (secondary N) is 2. The second-order valence-corrected chi connectivity index (χ2v) is 5.27. The number of methoxy groups -OCH3 is 1. The first-order chi connectivity index (χ1) is 8.76. The summed E-state index contributed by atoms with van der Waals surface area (Å²) in [6, 6.07) is 4.49. The number of carbonyl (C=O) groups excluding carboxylic acids is 1. The highest BCUT2D eigenvalue weighted by atomic mass is 79.9. The Bertz CT molecular complexity index is 503. The Morgan fingerprint density at radius 1 is 1.37 bits per heavy atom. The number of benzene rings is 1. The topological polar surface area (TPSA) is 87.7 Å². The third-order valence-electron chi connectivity index (χ3n) is 2.37. The van der Waals surface area contributed by atoms with Crippen molar-refractivity contribution in [1.82, 2.24) is 5.32 Å². The van der Waals surface area contributed by atoms with Crippen molar-refractivity contribution in [1.29, 1.82) is 0 Å². The molecule has 1 rings (SSSR count). The van der Waals surface area contributed by atoms with Crippen LogP contribution in [0, 0.1) is 0 Å². The number of hydrogen-bond donors (Lipinski definition) is 3. The molecule has 0 bridgehead atoms. The van der Waals surface area contributed by atoms with Crippen molar-refractivity contribution in [3.05, 3.63) is 22.7 Å². The van der Waals surface area contributed by atoms with Gasteiger partial charge in [0.1, 0.15) is 11.3 Å². The Morgan fingerprint density at radius 3 is 2.53 bits per heavy atom. The zero-order chi connectivity index (χ0) is 14.6. The molecule has 6 nitrogen and oxygen atoms in total. The van der Waals surface area contributed by atoms with E-state index < -0.39 is 17.5 Å². The lowest BCUT2D eigenvalue weighted by atomic mass is 10.1. The Labute approximate surface area is 119 Å². The third kappa shape index (κ3) is 4.13. The number of carboxylic acids is 1. The number of aliphatic carboxylic acids is 1. The van der Waals surface area contributed by atoms with Gasteiger partial charge in [0, 0.05) is 4.47 Å². The zero-order valence-electron chi connectivity index (χ0n) is 10.8. The minimum absolute atomic E-state index is 0.440. The second-order valence-electron chi connectivity index (χ2n) is 4.35. The summed E-state index contributed by atoms with van der Waals surface area (Å²) < 4.78 is 5.86. The molecule has 2 amide bonds. The van der Waals surface area contributed by atoms with Crippen LogP contribution in [0.4, 0.5) is 10.5 Å². The Morgan fingerprint density at radius 2 is 2.00 bits per heavy atom. The summed E-state index contributed by atoms with van der Waals surface area (Å²) in [4.78, 5) is 22.7. The summed E-state index contributed by atoms with van der Waals surface area (Å²) >= 11 is 3.28. The number of hydrogen-bond acceptors (Lipinski definition) is 3. The summed E-state index contributed by atoms with van der Waals surface area (Å²) in [7, 11) is 1.48. The summed E-state index contributed by atoms with van der Waals surface area (Å²) in [5, 5.41) is 13.8. The van der Waals surface area contributed by atoms with Gasteiger partial charge in [-0.05, 0) is 32.0 Å². The molecule has 0 unspecified atom stereocenters. The maximum Gasteiger partial charge on any atom is 0.328 e. The van der Waals surface area contributed by atoms with Crippen molar-refractivity contribution in [3.8, 4) is 5.75 Å². The van der Waals surface area contributed by atoms with Gasteiger partial charge in [0.25, 0.3) is 0 Å². The maximum absolute atomic E-state index is 11.8. The lowest BCUT2D eigenvalue weighted by Gasteiger charge is -2.21. The molecule has 7 heteroatoms. The number of urea groups is 1. The van der Waals surface area contributed by atoms with Crippen molar-refractivity contribution in [2.75, 3.05) is 12.4 Å². The van der Waals surface area contributed by atoms with E-state index in [0.717, 1.165) is 4.47 Å². The summed E-state index contributed by atoms with van der Waals surface area (Å²) in [5.41, 5.74) is -0.917. The van der Waals surface area contributed by atoms with Crippen molar-refractivity contribution in [2.45, 2.75) is 19.4 Å². The highest BCUT2D eigenvalue weighted by molar-refractivity contribution is 9.10. The van der Waals surface area contributed by atoms with Gasteiger partial charge in [-0.3, -0.25) is 0 Å². The van der Waals surface area contributed by atoms with E-state index in [4.69, 9.17) is 9.84 Å². The molecule has 0 spiro atoms. The number of amides is 2. The number of carbonyl (C=O) groups is 2. The largest absolute Gasteiger partial charge is 0.495 e. The highest BCUT2D eigenvalue weighted by Gasteiger charge is 2.29. The average Bonchev–Trinajstić information content (AvgIpc) is 2.28. The molecule has 1 aromatic carbocycles. The van der Waals surface area contributed by atoms with Crippen LogP contribution in [0.3, 0.4) is 0 Å². The number of anilines is 1. The maximum atomic E-state index is 11.8. The van der Waals surface area contributed by atoms with E-state index in [1.807, 2.05) is 0 Å². The molecule has 0 fully saturated rings. The van der Waals surface area contributed by atoms with Crippen molar-refractivity contribution < 1.29 is 19.4 Å². The Hall–Kier alpha value is -1.76. The van der Waals surface area contributed by atoms with Crippen LogP contribution in [-0.2, 0) is 4.79 Å². The molecule has 0 saturated carbocycles. The van der Waals surface area contributed by atoms with Crippen LogP contribution in [0.2, 0.25) is 0 Å². The zero-order valence-corrected chi connectivity index (χ0v) is 12.4. The Kier molecular flexibility index (Phi) is 4.77. The SMILES string of the molecule is COc1ccc(Br)cc1NC(=O)NC(C)(C)C(=O)O. The van der Waals surface area contributed by atoms with Crippen LogP contribution in [0.1, 0.15) is 13.8 Å². The lowest BCUT2D eigenvalue weighted by Crippen LogP contribution is -2.51. The molecule has 19 heavy (non-hydrogen) atoms. The van der Waals surface area contributed by atoms with Gasteiger partial charge in [0.05, 0.1) is 12.8 Å². The lowest BCUT2D eigenvalue weighted by molar-refractivity contribution is -0.142. The second kappa shape index (κ2) is 5.92. The minimum atomic E-state index is -1.36. The molecular formula is C12H15BrN2O4. The van der Waals surface area contributed by atoms with Crippen molar-refractivity contribution >= 4 is 33.6 Å². The molecule has 0 saturated heterocycles. The van der Waals surface area contributed by atoms with E-state index in [-0.39, 0.29) is 0 Å². The number of halogens is 1. The fourth-order valence-corrected chi connectivity index (χ4v) is 1.63. The third-order valence-corrected chi connectivity index (χ3v) is 2.86. The van der Waals surface area contributed by atoms with E-state index in [9.17, 15) is 9.59 Å². The van der Waals surface area contributed by atoms with Gasteiger partial charge in [0.2, 0.25) is 0 Å². The number of ether oxygens (including phenoxy) is 1. The highest BCUT2D eigenvalue weighted by Crippen LogP contribution is 2.27. The fraction of sp³-hybridized carbons (Fsp3) is 0.333. The monoisotopic (exact) mass is 330 g/mol. The van der Waals surface area contributed by atoms with E-state index in [0.29, 0.717) is 11.4 Å². The molecule has 0 heterocycles. The van der Waals surface area contributed by atoms with Gasteiger partial charge < -0.3 is 20.5 Å². The molecule has 0 aliphatic heterocycles. The standard InChI is InChI=1S/C12H15BrN2O4/c1-12(2,10(16)17)15-11(18)14-8-6-7(13)4-5-9(8)19-3/h4-6H,1-3H3,(H,16,17)(H2,14,15,18). The number of carboxylic acid groups (broad SMARTS) is 1. The average molecular weight is 331 g/mol. The van der Waals surface area contributed by atoms with Gasteiger partial charge in [0.15, 0.2) is 0 Å². The van der Waals surface area contributed by atoms with Crippen LogP contribution in [0.25, 0.3) is 0 Å². The van der Waals surface area contributed by atoms with E-state index in [1.165, 1.54) is 21.0 Å². The van der Waals surface area contributed by atoms with Gasteiger partial charge in [-0.2, -0.15) is 0 Å². The predicted molar refractivity (Wildman–Crippen MR) is 74.6 cm³/mol. The normalized spacial score (nSPS) is 10.7. The molecule has 1 aromatic rings. The first-order valence-electron chi connectivity index (χ1n) is 5.42. The van der Waals surface area contributed by atoms with Gasteiger partial charge in [-0.15, -0.1) is 0 Å². The van der Waals surface area contributed by atoms with Crippen LogP contribution in [0.15, 0.2) is 22.7 Å². The molecule has 0 aliphatic rings. The molecule has 104 valence electrons. The minimum Gasteiger partial charge on any atom is -0.495 e. The molecule has 0 aliphatic carbocycles. The van der Waals surface area contributed by atoms with Crippen LogP contribution in [-0.4, -0.2) is 29.8 Å². The molecule has 0 aromatic heterocycles. The Balaban J connectivity index is 2.83. The van der Waals surface area contributed by atoms with Crippen LogP contribution < -0.4 is 15.4 Å². The van der Waals surface area contributed by atoms with Crippen LogP contribution in [0.5, 0.6) is 5.75 Å². The van der Waals surface area contributed by atoms with Gasteiger partial charge >= 0.3 is 12.0 Å². The first-order valence-corrected chi connectivity index (χ1v) is 6.21. The van der Waals surface area contributed by atoms with E-state index in [2.05, 4.69) is 26.6 Å². The van der Waals surface area contributed by atoms with Gasteiger partial charge in [-0.1, -0.05) is 15.9 Å². The molecule has 0 radical (unpaired) electrons. The van der Waals surface area contributed by atoms with Crippen molar-refractivity contribution in [2.24, 2.45) is 0 Å². The smallest absolute Gasteiger partial charge is 0.328 e. The summed E-state index contributed by atoms with van der Waals surface area (Å²) in [6.07, 6.45) is 0. The molecular weight excluding hydrogens is 316 g/mol. The van der Waals surface area contributed by atoms with E-state index >= 15 is 0 Å². The summed E-state index contributed by atoms with van der Waals surface area (Å²) in [5.74, 6) is -0.643. The van der Waals surface area contributed by atoms with Gasteiger partial charge in [-0.25, -0.2) is 9.59 Å². The molecule has 3 N–H and O–H groups in total. The first kappa shape index (κ1) is 15.3. The van der Waals surface area contributed by atoms with Crippen LogP contribution >= 0.6 is 15.9 Å². The molecule has 0 atom stereocenters. The fourth-order valence-electron chi connectivity index (χ4n) is 1.27. The van der Waals surface area contributed by atoms with E-state index in [1.54, 1.807) is 18.2 Å². The van der Waals surface area contributed by atoms with Crippen molar-refractivity contribution in [3.63, 3.8) is 0 Å². The summed E-state index contributed by atoms with van der Waals surface area (Å²) in [6.45, 7) is 2.79. The quantitative estimate of drug-likeness (QED) is 0.791. The number of rotatable bonds is 4. The predicted octanol–water partition coefficient (Wildman–Crippen LogP) is 2.44.